The number of anilines is 1. The van der Waals surface area contributed by atoms with Gasteiger partial charge in [0.2, 0.25) is 5.95 Å². The van der Waals surface area contributed by atoms with Crippen LogP contribution in [0.2, 0.25) is 0 Å². The molecule has 0 radical (unpaired) electrons. The molecule has 6 nitrogen and oxygen atoms in total. The molecule has 6 heteroatoms. The van der Waals surface area contributed by atoms with E-state index in [2.05, 4.69) is 45.9 Å². The Kier molecular flexibility index (Phi) is 9.15. The Morgan fingerprint density at radius 1 is 1.12 bits per heavy atom. The molecule has 25 heavy (non-hydrogen) atoms. The van der Waals surface area contributed by atoms with Crippen LogP contribution in [0.15, 0.2) is 12.4 Å². The van der Waals surface area contributed by atoms with Gasteiger partial charge < -0.3 is 15.0 Å². The van der Waals surface area contributed by atoms with E-state index in [0.29, 0.717) is 6.04 Å². The molecule has 2 heterocycles. The predicted octanol–water partition coefficient (Wildman–Crippen LogP) is 2.20. The van der Waals surface area contributed by atoms with Gasteiger partial charge in [0.05, 0.1) is 0 Å². The molecule has 0 bridgehead atoms. The average Bonchev–Trinajstić information content (AvgIpc) is 2.64. The highest BCUT2D eigenvalue weighted by Gasteiger charge is 2.18. The molecule has 2 rings (SSSR count). The molecular formula is C19H37N5O. The van der Waals surface area contributed by atoms with Crippen molar-refractivity contribution in [3.8, 4) is 0 Å². The Hall–Kier alpha value is -1.24. The van der Waals surface area contributed by atoms with Crippen molar-refractivity contribution in [1.29, 1.82) is 0 Å². The third-order valence-corrected chi connectivity index (χ3v) is 4.54. The van der Waals surface area contributed by atoms with Gasteiger partial charge in [-0.15, -0.1) is 0 Å². The molecule has 1 N–H and O–H groups in total. The van der Waals surface area contributed by atoms with Crippen LogP contribution in [0.25, 0.3) is 0 Å². The molecule has 0 amide bonds. The van der Waals surface area contributed by atoms with E-state index in [0.717, 1.165) is 77.7 Å². The van der Waals surface area contributed by atoms with Crippen molar-refractivity contribution < 1.29 is 6.16 Å². The molecule has 1 aliphatic rings. The molecule has 1 aliphatic heterocycles. The number of aryl methyl sites for hydroxylation is 1. The van der Waals surface area contributed by atoms with Crippen molar-refractivity contribution in [2.75, 3.05) is 57.4 Å². The maximum Gasteiger partial charge on any atom is 0.225 e. The molecule has 0 aromatic carbocycles. The van der Waals surface area contributed by atoms with Crippen LogP contribution in [0, 0.1) is 0 Å². The molecule has 1 aromatic rings. The fraction of sp³-hybridized carbons (Fsp3) is 0.789. The van der Waals surface area contributed by atoms with Gasteiger partial charge in [-0.1, -0.05) is 20.8 Å². The van der Waals surface area contributed by atoms with Gasteiger partial charge in [0.15, 0.2) is 0 Å². The van der Waals surface area contributed by atoms with Gasteiger partial charge in [-0.3, -0.25) is 4.90 Å². The van der Waals surface area contributed by atoms with Crippen LogP contribution in [0.5, 0.6) is 0 Å². The van der Waals surface area contributed by atoms with Gasteiger partial charge in [0, 0.05) is 65.8 Å². The summed E-state index contributed by atoms with van der Waals surface area (Å²) < 4.78 is 5.72. The number of rotatable bonds is 11. The molecule has 0 saturated carbocycles. The fourth-order valence-corrected chi connectivity index (χ4v) is 2.92. The largest absolute Gasteiger partial charge is 0.381 e. The Morgan fingerprint density at radius 3 is 2.44 bits per heavy atom. The standard InChI is InChI=1S/C19H35N5O.H2/c1-4-18-15-21-19(22-16-18)24-11-9-23(10-12-24)8-6-14-25-13-5-7-20-17(2)3;/h15-17,20H,4-14H2,1-3H3;1H. The van der Waals surface area contributed by atoms with Crippen LogP contribution < -0.4 is 10.2 Å². The Balaban J connectivity index is 0.00000338. The zero-order valence-corrected chi connectivity index (χ0v) is 16.2. The maximum absolute atomic E-state index is 5.72. The third-order valence-electron chi connectivity index (χ3n) is 4.54. The van der Waals surface area contributed by atoms with Gasteiger partial charge in [0.1, 0.15) is 0 Å². The second-order valence-corrected chi connectivity index (χ2v) is 7.00. The third kappa shape index (κ3) is 7.67. The van der Waals surface area contributed by atoms with E-state index >= 15 is 0 Å². The number of nitrogens with zero attached hydrogens (tertiary/aromatic N) is 4. The normalized spacial score (nSPS) is 15.9. The Bertz CT molecular complexity index is 464. The van der Waals surface area contributed by atoms with Crippen molar-refractivity contribution in [2.24, 2.45) is 0 Å². The van der Waals surface area contributed by atoms with E-state index < -0.39 is 0 Å². The summed E-state index contributed by atoms with van der Waals surface area (Å²) in [6.45, 7) is 14.5. The molecule has 1 fully saturated rings. The maximum atomic E-state index is 5.72. The van der Waals surface area contributed by atoms with E-state index in [4.69, 9.17) is 4.74 Å². The first-order chi connectivity index (χ1) is 12.2. The van der Waals surface area contributed by atoms with Crippen LogP contribution in [0.3, 0.4) is 0 Å². The molecule has 0 unspecified atom stereocenters. The van der Waals surface area contributed by atoms with E-state index in [1.807, 2.05) is 12.4 Å². The summed E-state index contributed by atoms with van der Waals surface area (Å²) in [5.74, 6) is 0.871. The minimum Gasteiger partial charge on any atom is -0.381 e. The summed E-state index contributed by atoms with van der Waals surface area (Å²) in [7, 11) is 0. The van der Waals surface area contributed by atoms with Crippen molar-refractivity contribution >= 4 is 5.95 Å². The van der Waals surface area contributed by atoms with Gasteiger partial charge in [-0.05, 0) is 31.4 Å². The van der Waals surface area contributed by atoms with Crippen LogP contribution >= 0.6 is 0 Å². The first-order valence-electron chi connectivity index (χ1n) is 9.78. The first kappa shape index (κ1) is 20.1. The molecular weight excluding hydrogens is 314 g/mol. The van der Waals surface area contributed by atoms with E-state index in [9.17, 15) is 0 Å². The highest BCUT2D eigenvalue weighted by Crippen LogP contribution is 2.11. The van der Waals surface area contributed by atoms with Gasteiger partial charge in [-0.25, -0.2) is 9.97 Å². The number of hydrogen-bond acceptors (Lipinski definition) is 6. The summed E-state index contributed by atoms with van der Waals surface area (Å²) in [5, 5.41) is 3.41. The lowest BCUT2D eigenvalue weighted by molar-refractivity contribution is 0.117. The summed E-state index contributed by atoms with van der Waals surface area (Å²) in [5.41, 5.74) is 1.20. The number of piperazine rings is 1. The smallest absolute Gasteiger partial charge is 0.225 e. The quantitative estimate of drug-likeness (QED) is 0.617. The number of nitrogens with one attached hydrogen (secondary N) is 1. The highest BCUT2D eigenvalue weighted by atomic mass is 16.5. The summed E-state index contributed by atoms with van der Waals surface area (Å²) >= 11 is 0. The lowest BCUT2D eigenvalue weighted by Gasteiger charge is -2.34. The predicted molar refractivity (Wildman–Crippen MR) is 105 cm³/mol. The minimum atomic E-state index is 0. The zero-order valence-electron chi connectivity index (χ0n) is 16.2. The molecule has 1 saturated heterocycles. The molecule has 0 spiro atoms. The monoisotopic (exact) mass is 351 g/mol. The van der Waals surface area contributed by atoms with Crippen molar-refractivity contribution in [1.82, 2.24) is 20.2 Å². The minimum absolute atomic E-state index is 0. The van der Waals surface area contributed by atoms with Crippen LogP contribution in [0.1, 0.15) is 40.6 Å². The van der Waals surface area contributed by atoms with Gasteiger partial charge >= 0.3 is 0 Å². The van der Waals surface area contributed by atoms with Gasteiger partial charge in [-0.2, -0.15) is 0 Å². The second-order valence-electron chi connectivity index (χ2n) is 7.00. The topological polar surface area (TPSA) is 53.5 Å². The highest BCUT2D eigenvalue weighted by molar-refractivity contribution is 5.30. The molecule has 0 atom stereocenters. The van der Waals surface area contributed by atoms with E-state index in [1.165, 1.54) is 5.56 Å². The molecule has 0 aliphatic carbocycles. The van der Waals surface area contributed by atoms with Crippen molar-refractivity contribution in [3.05, 3.63) is 18.0 Å². The fourth-order valence-electron chi connectivity index (χ4n) is 2.92. The first-order valence-corrected chi connectivity index (χ1v) is 9.78. The Morgan fingerprint density at radius 2 is 1.80 bits per heavy atom. The van der Waals surface area contributed by atoms with E-state index in [1.54, 1.807) is 0 Å². The molecule has 144 valence electrons. The SMILES string of the molecule is CCc1cnc(N2CCN(CCCOCCCNC(C)C)CC2)nc1.[HH]. The van der Waals surface area contributed by atoms with E-state index in [-0.39, 0.29) is 1.43 Å². The average molecular weight is 352 g/mol. The van der Waals surface area contributed by atoms with Crippen LogP contribution in [-0.2, 0) is 11.2 Å². The number of ether oxygens (including phenoxy) is 1. The number of aromatic nitrogens is 2. The summed E-state index contributed by atoms with van der Waals surface area (Å²) in [4.78, 5) is 13.8. The number of hydrogen-bond donors (Lipinski definition) is 1. The second kappa shape index (κ2) is 11.4. The molecule has 1 aromatic heterocycles. The van der Waals surface area contributed by atoms with Crippen molar-refractivity contribution in [3.63, 3.8) is 0 Å². The van der Waals surface area contributed by atoms with Gasteiger partial charge in [0.25, 0.3) is 0 Å². The summed E-state index contributed by atoms with van der Waals surface area (Å²) in [6.07, 6.45) is 7.09. The van der Waals surface area contributed by atoms with Crippen LogP contribution in [0.4, 0.5) is 5.95 Å². The van der Waals surface area contributed by atoms with Crippen molar-refractivity contribution in [2.45, 2.75) is 46.1 Å². The lowest BCUT2D eigenvalue weighted by Crippen LogP contribution is -2.47. The zero-order chi connectivity index (χ0) is 17.9. The Labute approximate surface area is 154 Å². The van der Waals surface area contributed by atoms with Crippen LogP contribution in [-0.4, -0.2) is 73.4 Å². The lowest BCUT2D eigenvalue weighted by atomic mass is 10.3. The summed E-state index contributed by atoms with van der Waals surface area (Å²) in [6, 6.07) is 0.564.